The fourth-order valence-corrected chi connectivity index (χ4v) is 3.00. The number of nitrogens with zero attached hydrogens (tertiary/aromatic N) is 1. The molecule has 1 aromatic rings. The molecular weight excluding hydrogens is 264 g/mol. The minimum atomic E-state index is -0.370. The molecule has 0 bridgehead atoms. The van der Waals surface area contributed by atoms with E-state index in [2.05, 4.69) is 17.3 Å². The van der Waals surface area contributed by atoms with E-state index in [1.807, 2.05) is 30.3 Å². The minimum Gasteiger partial charge on any atom is -0.468 e. The summed E-state index contributed by atoms with van der Waals surface area (Å²) in [6.07, 6.45) is 4.94. The fraction of sp³-hybridized carbons (Fsp3) is 0.588. The molecule has 1 fully saturated rings. The van der Waals surface area contributed by atoms with E-state index in [-0.39, 0.29) is 12.0 Å². The Balaban J connectivity index is 1.89. The standard InChI is InChI=1S/C17H26N2O2/c1-19-13-7-6-10-15(19)11-12-18-16(17(20)21-2)14-8-4-3-5-9-14/h3-5,8-9,15-16,18H,6-7,10-13H2,1-2H3. The van der Waals surface area contributed by atoms with Crippen LogP contribution in [-0.2, 0) is 9.53 Å². The van der Waals surface area contributed by atoms with Gasteiger partial charge < -0.3 is 15.0 Å². The van der Waals surface area contributed by atoms with Gasteiger partial charge in [-0.25, -0.2) is 4.79 Å². The summed E-state index contributed by atoms with van der Waals surface area (Å²) in [7, 11) is 3.63. The van der Waals surface area contributed by atoms with Crippen molar-refractivity contribution < 1.29 is 9.53 Å². The third-order valence-electron chi connectivity index (χ3n) is 4.32. The number of piperidine rings is 1. The molecule has 0 spiro atoms. The summed E-state index contributed by atoms with van der Waals surface area (Å²) in [5.74, 6) is -0.224. The van der Waals surface area contributed by atoms with E-state index in [1.54, 1.807) is 0 Å². The lowest BCUT2D eigenvalue weighted by molar-refractivity contribution is -0.143. The molecule has 4 nitrogen and oxygen atoms in total. The van der Waals surface area contributed by atoms with E-state index < -0.39 is 0 Å². The Morgan fingerprint density at radius 2 is 2.14 bits per heavy atom. The van der Waals surface area contributed by atoms with Gasteiger partial charge in [-0.1, -0.05) is 36.8 Å². The first kappa shape index (κ1) is 16.0. The van der Waals surface area contributed by atoms with Crippen LogP contribution >= 0.6 is 0 Å². The molecule has 1 aliphatic heterocycles. The maximum atomic E-state index is 12.0. The Hall–Kier alpha value is -1.39. The van der Waals surface area contributed by atoms with Crippen molar-refractivity contribution in [3.05, 3.63) is 35.9 Å². The van der Waals surface area contributed by atoms with E-state index in [1.165, 1.54) is 32.9 Å². The number of methoxy groups -OCH3 is 1. The zero-order chi connectivity index (χ0) is 15.1. The maximum absolute atomic E-state index is 12.0. The van der Waals surface area contributed by atoms with Crippen LogP contribution in [-0.4, -0.2) is 44.2 Å². The molecule has 0 aromatic heterocycles. The summed E-state index contributed by atoms with van der Waals surface area (Å²) in [6, 6.07) is 10.0. The predicted octanol–water partition coefficient (Wildman–Crippen LogP) is 2.36. The molecule has 1 aromatic carbocycles. The Morgan fingerprint density at radius 1 is 1.38 bits per heavy atom. The molecule has 2 atom stereocenters. The largest absolute Gasteiger partial charge is 0.468 e. The van der Waals surface area contributed by atoms with Gasteiger partial charge >= 0.3 is 5.97 Å². The second-order valence-electron chi connectivity index (χ2n) is 5.74. The van der Waals surface area contributed by atoms with Gasteiger partial charge in [-0.15, -0.1) is 0 Å². The Bertz CT molecular complexity index is 436. The fourth-order valence-electron chi connectivity index (χ4n) is 3.00. The molecule has 0 aliphatic carbocycles. The van der Waals surface area contributed by atoms with Gasteiger partial charge in [-0.2, -0.15) is 0 Å². The van der Waals surface area contributed by atoms with Crippen molar-refractivity contribution in [2.24, 2.45) is 0 Å². The van der Waals surface area contributed by atoms with Crippen LogP contribution in [0.25, 0.3) is 0 Å². The van der Waals surface area contributed by atoms with Gasteiger partial charge in [0.15, 0.2) is 0 Å². The average Bonchev–Trinajstić information content (AvgIpc) is 2.53. The first-order valence-electron chi connectivity index (χ1n) is 7.78. The van der Waals surface area contributed by atoms with Crippen LogP contribution in [0, 0.1) is 0 Å². The quantitative estimate of drug-likeness (QED) is 0.817. The number of hydrogen-bond donors (Lipinski definition) is 1. The lowest BCUT2D eigenvalue weighted by Gasteiger charge is -2.32. The Labute approximate surface area is 127 Å². The first-order valence-corrected chi connectivity index (χ1v) is 7.78. The highest BCUT2D eigenvalue weighted by Crippen LogP contribution is 2.18. The van der Waals surface area contributed by atoms with Crippen LogP contribution in [0.4, 0.5) is 0 Å². The molecule has 1 N–H and O–H groups in total. The van der Waals surface area contributed by atoms with Crippen molar-refractivity contribution >= 4 is 5.97 Å². The average molecular weight is 290 g/mol. The highest BCUT2D eigenvalue weighted by molar-refractivity contribution is 5.77. The number of ether oxygens (including phenoxy) is 1. The van der Waals surface area contributed by atoms with E-state index in [9.17, 15) is 4.79 Å². The van der Waals surface area contributed by atoms with Crippen molar-refractivity contribution in [1.82, 2.24) is 10.2 Å². The first-order chi connectivity index (χ1) is 10.2. The van der Waals surface area contributed by atoms with Crippen molar-refractivity contribution in [2.45, 2.75) is 37.8 Å². The summed E-state index contributed by atoms with van der Waals surface area (Å²) in [5.41, 5.74) is 0.960. The maximum Gasteiger partial charge on any atom is 0.327 e. The molecule has 2 unspecified atom stereocenters. The van der Waals surface area contributed by atoms with Gasteiger partial charge in [0, 0.05) is 6.04 Å². The monoisotopic (exact) mass is 290 g/mol. The van der Waals surface area contributed by atoms with Gasteiger partial charge in [0.2, 0.25) is 0 Å². The van der Waals surface area contributed by atoms with Crippen LogP contribution in [0.2, 0.25) is 0 Å². The highest BCUT2D eigenvalue weighted by atomic mass is 16.5. The number of carbonyl (C=O) groups excluding carboxylic acids is 1. The van der Waals surface area contributed by atoms with Gasteiger partial charge in [-0.05, 0) is 45.0 Å². The number of hydrogen-bond acceptors (Lipinski definition) is 4. The molecule has 1 heterocycles. The van der Waals surface area contributed by atoms with E-state index in [0.717, 1.165) is 18.5 Å². The van der Waals surface area contributed by atoms with Crippen LogP contribution in [0.15, 0.2) is 30.3 Å². The van der Waals surface area contributed by atoms with Gasteiger partial charge in [0.05, 0.1) is 7.11 Å². The molecule has 0 amide bonds. The number of benzene rings is 1. The zero-order valence-corrected chi connectivity index (χ0v) is 13.0. The molecule has 0 saturated carbocycles. The molecule has 21 heavy (non-hydrogen) atoms. The lowest BCUT2D eigenvalue weighted by atomic mass is 9.99. The molecule has 116 valence electrons. The number of carbonyl (C=O) groups is 1. The molecule has 4 heteroatoms. The van der Waals surface area contributed by atoms with Gasteiger partial charge in [-0.3, -0.25) is 0 Å². The summed E-state index contributed by atoms with van der Waals surface area (Å²) >= 11 is 0. The third-order valence-corrected chi connectivity index (χ3v) is 4.32. The number of esters is 1. The number of rotatable bonds is 6. The SMILES string of the molecule is COC(=O)C(NCCC1CCCCN1C)c1ccccc1. The van der Waals surface area contributed by atoms with E-state index >= 15 is 0 Å². The molecule has 0 radical (unpaired) electrons. The second-order valence-corrected chi connectivity index (χ2v) is 5.74. The molecule has 2 rings (SSSR count). The molecule has 1 aliphatic rings. The van der Waals surface area contributed by atoms with Crippen molar-refractivity contribution in [3.63, 3.8) is 0 Å². The van der Waals surface area contributed by atoms with Gasteiger partial charge in [0.1, 0.15) is 6.04 Å². The molecular formula is C17H26N2O2. The van der Waals surface area contributed by atoms with Gasteiger partial charge in [0.25, 0.3) is 0 Å². The van der Waals surface area contributed by atoms with Crippen LogP contribution < -0.4 is 5.32 Å². The highest BCUT2D eigenvalue weighted by Gasteiger charge is 2.22. The van der Waals surface area contributed by atoms with E-state index in [4.69, 9.17) is 4.74 Å². The Kier molecular flexibility index (Phi) is 6.21. The predicted molar refractivity (Wildman–Crippen MR) is 84.1 cm³/mol. The summed E-state index contributed by atoms with van der Waals surface area (Å²) in [5, 5.41) is 3.35. The molecule has 1 saturated heterocycles. The van der Waals surface area contributed by atoms with Crippen molar-refractivity contribution in [3.8, 4) is 0 Å². The van der Waals surface area contributed by atoms with Crippen molar-refractivity contribution in [1.29, 1.82) is 0 Å². The minimum absolute atomic E-state index is 0.224. The van der Waals surface area contributed by atoms with Crippen LogP contribution in [0.1, 0.15) is 37.3 Å². The van der Waals surface area contributed by atoms with E-state index in [0.29, 0.717) is 6.04 Å². The summed E-state index contributed by atoms with van der Waals surface area (Å²) in [4.78, 5) is 14.4. The Morgan fingerprint density at radius 3 is 2.81 bits per heavy atom. The smallest absolute Gasteiger partial charge is 0.327 e. The summed E-state index contributed by atoms with van der Waals surface area (Å²) < 4.78 is 4.92. The third kappa shape index (κ3) is 4.55. The van der Waals surface area contributed by atoms with Crippen LogP contribution in [0.5, 0.6) is 0 Å². The second kappa shape index (κ2) is 8.15. The van der Waals surface area contributed by atoms with Crippen molar-refractivity contribution in [2.75, 3.05) is 27.2 Å². The number of nitrogens with one attached hydrogen (secondary N) is 1. The summed E-state index contributed by atoms with van der Waals surface area (Å²) in [6.45, 7) is 2.01. The number of likely N-dealkylation sites (tertiary alicyclic amines) is 1. The van der Waals surface area contributed by atoms with Crippen LogP contribution in [0.3, 0.4) is 0 Å². The lowest BCUT2D eigenvalue weighted by Crippen LogP contribution is -2.39. The topological polar surface area (TPSA) is 41.6 Å². The zero-order valence-electron chi connectivity index (χ0n) is 13.0. The normalized spacial score (nSPS) is 21.0.